The quantitative estimate of drug-likeness (QED) is 0.242. The Bertz CT molecular complexity index is 91.1. The van der Waals surface area contributed by atoms with Crippen LogP contribution in [-0.4, -0.2) is 34.8 Å². The predicted molar refractivity (Wildman–Crippen MR) is 21.3 cm³/mol. The van der Waals surface area contributed by atoms with Crippen LogP contribution in [0.15, 0.2) is 0 Å². The molecule has 0 amide bonds. The molecule has 0 spiro atoms. The Morgan fingerprint density at radius 1 is 1.50 bits per heavy atom. The van der Waals surface area contributed by atoms with Crippen LogP contribution < -0.4 is 29.6 Å². The summed E-state index contributed by atoms with van der Waals surface area (Å²) in [5.74, 6) is -3.36. The Balaban J connectivity index is -0.000000180. The molecular formula is C2H4BNaO4. The minimum absolute atomic E-state index is 0. The number of carbonyl (C=O) groups excluding carboxylic acids is 1. The smallest absolute Gasteiger partial charge is 1.00 e. The second kappa shape index (κ2) is 3.60. The number of rotatable bonds is 1. The molecule has 0 aliphatic rings. The van der Waals surface area contributed by atoms with Crippen LogP contribution in [0.1, 0.15) is 1.43 Å². The first kappa shape index (κ1) is 11.4. The zero-order valence-electron chi connectivity index (χ0n) is 5.33. The molecule has 6 heteroatoms. The van der Waals surface area contributed by atoms with E-state index in [1.165, 1.54) is 0 Å². The minimum atomic E-state index is -3.36. The first-order valence-corrected chi connectivity index (χ1v) is 1.41. The van der Waals surface area contributed by atoms with Crippen molar-refractivity contribution < 1.29 is 51.1 Å². The molecule has 2 radical (unpaired) electrons. The minimum Gasteiger partial charge on any atom is -1.00 e. The van der Waals surface area contributed by atoms with E-state index < -0.39 is 11.7 Å². The van der Waals surface area contributed by atoms with Gasteiger partial charge in [0, 0.05) is 0 Å². The van der Waals surface area contributed by atoms with Crippen molar-refractivity contribution >= 4 is 13.5 Å². The molecule has 0 unspecified atom stereocenters. The van der Waals surface area contributed by atoms with E-state index >= 15 is 0 Å². The second-order valence-electron chi connectivity index (χ2n) is 1.000. The second-order valence-corrected chi connectivity index (χ2v) is 1.000. The molecule has 0 aromatic heterocycles. The van der Waals surface area contributed by atoms with E-state index in [4.69, 9.17) is 15.3 Å². The molecule has 0 fully saturated rings. The topological polar surface area (TPSA) is 77.8 Å². The molecule has 0 aliphatic carbocycles. The van der Waals surface area contributed by atoms with Crippen LogP contribution in [0.4, 0.5) is 0 Å². The van der Waals surface area contributed by atoms with E-state index in [-0.39, 0.29) is 31.0 Å². The Morgan fingerprint density at radius 2 is 1.62 bits per heavy atom. The summed E-state index contributed by atoms with van der Waals surface area (Å²) in [7, 11) is 4.18. The summed E-state index contributed by atoms with van der Waals surface area (Å²) in [5, 5.41) is 23.2. The maximum Gasteiger partial charge on any atom is 1.00 e. The third kappa shape index (κ3) is 4.77. The molecule has 0 rings (SSSR count). The van der Waals surface area contributed by atoms with Gasteiger partial charge in [0.2, 0.25) is 0 Å². The van der Waals surface area contributed by atoms with Crippen LogP contribution >= 0.6 is 0 Å². The SMILES string of the molecule is [B]C(=O)C(O)(O)O.[H-].[Na+]. The largest absolute Gasteiger partial charge is 1.00 e. The molecule has 0 aromatic rings. The van der Waals surface area contributed by atoms with Crippen molar-refractivity contribution in [3.63, 3.8) is 0 Å². The third-order valence-electron chi connectivity index (χ3n) is 0.331. The molecule has 0 aromatic carbocycles. The number of hydrogen-bond donors (Lipinski definition) is 3. The zero-order chi connectivity index (χ0) is 6.08. The molecule has 0 saturated carbocycles. The van der Waals surface area contributed by atoms with Gasteiger partial charge in [-0.3, -0.25) is 0 Å². The first-order valence-electron chi connectivity index (χ1n) is 1.41. The number of hydrogen-bond acceptors (Lipinski definition) is 4. The van der Waals surface area contributed by atoms with Gasteiger partial charge >= 0.3 is 35.5 Å². The van der Waals surface area contributed by atoms with Gasteiger partial charge < -0.3 is 21.5 Å². The zero-order valence-corrected chi connectivity index (χ0v) is 6.33. The Kier molecular flexibility index (Phi) is 5.14. The van der Waals surface area contributed by atoms with Crippen LogP contribution in [0, 0.1) is 0 Å². The van der Waals surface area contributed by atoms with Crippen LogP contribution in [0.25, 0.3) is 0 Å². The molecule has 8 heavy (non-hydrogen) atoms. The predicted octanol–water partition coefficient (Wildman–Crippen LogP) is -5.57. The Labute approximate surface area is 70.7 Å². The first-order chi connectivity index (χ1) is 2.94. The normalized spacial score (nSPS) is 9.88. The molecule has 0 atom stereocenters. The average Bonchev–Trinajstić information content (AvgIpc) is 1.31. The van der Waals surface area contributed by atoms with Crippen molar-refractivity contribution in [2.75, 3.05) is 0 Å². The molecule has 0 heterocycles. The summed E-state index contributed by atoms with van der Waals surface area (Å²) in [6.45, 7) is 0. The average molecular weight is 126 g/mol. The fourth-order valence-electron chi connectivity index (χ4n) is 0. The summed E-state index contributed by atoms with van der Waals surface area (Å²) >= 11 is 0. The van der Waals surface area contributed by atoms with E-state index in [9.17, 15) is 4.79 Å². The van der Waals surface area contributed by atoms with Gasteiger partial charge in [0.1, 0.15) is 0 Å². The monoisotopic (exact) mass is 126 g/mol. The van der Waals surface area contributed by atoms with Gasteiger partial charge in [-0.05, 0) is 0 Å². The van der Waals surface area contributed by atoms with Gasteiger partial charge in [0.15, 0.2) is 13.5 Å². The standard InChI is InChI=1S/C2H3BO4.Na.H/c3-1(4)2(5,6)7;;/h5-7H;;/q;+1;-1. The summed E-state index contributed by atoms with van der Waals surface area (Å²) in [4.78, 5) is 9.49. The fraction of sp³-hybridized carbons (Fsp3) is 0.500. The van der Waals surface area contributed by atoms with Crippen molar-refractivity contribution in [2.24, 2.45) is 0 Å². The molecule has 0 saturated heterocycles. The van der Waals surface area contributed by atoms with Gasteiger partial charge in [-0.2, -0.15) is 0 Å². The molecular weight excluding hydrogens is 122 g/mol. The van der Waals surface area contributed by atoms with E-state index in [1.807, 2.05) is 0 Å². The molecule has 0 bridgehead atoms. The van der Waals surface area contributed by atoms with Crippen LogP contribution in [0.2, 0.25) is 0 Å². The van der Waals surface area contributed by atoms with E-state index in [0.717, 1.165) is 0 Å². The summed E-state index contributed by atoms with van der Waals surface area (Å²) in [6, 6.07) is 0. The Morgan fingerprint density at radius 3 is 1.62 bits per heavy atom. The fourth-order valence-corrected chi connectivity index (χ4v) is 0. The van der Waals surface area contributed by atoms with Gasteiger partial charge in [0.05, 0.1) is 0 Å². The van der Waals surface area contributed by atoms with Crippen molar-refractivity contribution in [3.05, 3.63) is 0 Å². The molecule has 3 N–H and O–H groups in total. The third-order valence-corrected chi connectivity index (χ3v) is 0.331. The maximum absolute atomic E-state index is 9.49. The van der Waals surface area contributed by atoms with Gasteiger partial charge in [0.25, 0.3) is 0 Å². The van der Waals surface area contributed by atoms with Gasteiger partial charge in [-0.15, -0.1) is 0 Å². The molecule has 4 nitrogen and oxygen atoms in total. The summed E-state index contributed by atoms with van der Waals surface area (Å²) < 4.78 is 0. The summed E-state index contributed by atoms with van der Waals surface area (Å²) in [5.41, 5.74) is -1.59. The summed E-state index contributed by atoms with van der Waals surface area (Å²) in [6.07, 6.45) is 0. The van der Waals surface area contributed by atoms with E-state index in [2.05, 4.69) is 7.85 Å². The molecule has 40 valence electrons. The van der Waals surface area contributed by atoms with Crippen molar-refractivity contribution in [3.8, 4) is 0 Å². The van der Waals surface area contributed by atoms with Gasteiger partial charge in [-0.1, -0.05) is 0 Å². The Hall–Kier alpha value is 0.615. The van der Waals surface area contributed by atoms with Crippen LogP contribution in [0.3, 0.4) is 0 Å². The van der Waals surface area contributed by atoms with Crippen molar-refractivity contribution in [1.29, 1.82) is 0 Å². The van der Waals surface area contributed by atoms with Crippen molar-refractivity contribution in [2.45, 2.75) is 5.97 Å². The van der Waals surface area contributed by atoms with Crippen LogP contribution in [0.5, 0.6) is 0 Å². The molecule has 0 aliphatic heterocycles. The van der Waals surface area contributed by atoms with Gasteiger partial charge in [-0.25, -0.2) is 0 Å². The maximum atomic E-state index is 9.49. The van der Waals surface area contributed by atoms with Crippen molar-refractivity contribution in [1.82, 2.24) is 0 Å². The van der Waals surface area contributed by atoms with Crippen LogP contribution in [-0.2, 0) is 4.79 Å². The van der Waals surface area contributed by atoms with E-state index in [1.54, 1.807) is 0 Å². The number of aliphatic hydroxyl groups is 3. The van der Waals surface area contributed by atoms with E-state index in [0.29, 0.717) is 0 Å². The number of carbonyl (C=O) groups is 1.